The third kappa shape index (κ3) is 4.77. The summed E-state index contributed by atoms with van der Waals surface area (Å²) in [5.41, 5.74) is 0.568. The van der Waals surface area contributed by atoms with Gasteiger partial charge in [0, 0.05) is 12.6 Å². The Morgan fingerprint density at radius 1 is 1.04 bits per heavy atom. The number of benzene rings is 2. The fourth-order valence-corrected chi connectivity index (χ4v) is 1.97. The maximum atomic E-state index is 13.4. The number of halogens is 2. The summed E-state index contributed by atoms with van der Waals surface area (Å²) in [6, 6.07) is 9.85. The van der Waals surface area contributed by atoms with E-state index in [0.29, 0.717) is 6.42 Å². The van der Waals surface area contributed by atoms with Gasteiger partial charge < -0.3 is 15.4 Å². The van der Waals surface area contributed by atoms with Gasteiger partial charge in [-0.2, -0.15) is 0 Å². The molecule has 0 bridgehead atoms. The monoisotopic (exact) mass is 334 g/mol. The predicted octanol–water partition coefficient (Wildman–Crippen LogP) is 2.27. The van der Waals surface area contributed by atoms with Gasteiger partial charge in [0.25, 0.3) is 0 Å². The van der Waals surface area contributed by atoms with E-state index in [1.54, 1.807) is 19.2 Å². The van der Waals surface area contributed by atoms with E-state index >= 15 is 0 Å². The average molecular weight is 334 g/mol. The summed E-state index contributed by atoms with van der Waals surface area (Å²) >= 11 is 0. The summed E-state index contributed by atoms with van der Waals surface area (Å²) in [4.78, 5) is 23.3. The lowest BCUT2D eigenvalue weighted by Gasteiger charge is -2.08. The number of hydrogen-bond donors (Lipinski definition) is 2. The van der Waals surface area contributed by atoms with Crippen LogP contribution in [0.5, 0.6) is 5.75 Å². The molecule has 24 heavy (non-hydrogen) atoms. The van der Waals surface area contributed by atoms with Crippen molar-refractivity contribution >= 4 is 17.5 Å². The van der Waals surface area contributed by atoms with Crippen LogP contribution in [0.15, 0.2) is 42.5 Å². The number of nitrogens with one attached hydrogen (secondary N) is 2. The van der Waals surface area contributed by atoms with Gasteiger partial charge in [0.2, 0.25) is 0 Å². The number of hydrogen-bond acceptors (Lipinski definition) is 3. The Labute approximate surface area is 137 Å². The molecule has 0 saturated heterocycles. The molecule has 2 aromatic rings. The van der Waals surface area contributed by atoms with Gasteiger partial charge in [0.05, 0.1) is 12.8 Å². The SMILES string of the molecule is COc1ccc(CCNC(=O)C(=O)Nc2cc(F)ccc2F)cc1. The number of carbonyl (C=O) groups is 2. The maximum absolute atomic E-state index is 13.4. The molecule has 126 valence electrons. The van der Waals surface area contributed by atoms with Crippen molar-refractivity contribution in [3.05, 3.63) is 59.7 Å². The molecule has 0 saturated carbocycles. The average Bonchev–Trinajstić information content (AvgIpc) is 2.58. The number of ether oxygens (including phenoxy) is 1. The lowest BCUT2D eigenvalue weighted by Crippen LogP contribution is -2.36. The van der Waals surface area contributed by atoms with Gasteiger partial charge in [-0.25, -0.2) is 8.78 Å². The van der Waals surface area contributed by atoms with Crippen LogP contribution < -0.4 is 15.4 Å². The lowest BCUT2D eigenvalue weighted by molar-refractivity contribution is -0.136. The van der Waals surface area contributed by atoms with Crippen LogP contribution in [0.25, 0.3) is 0 Å². The van der Waals surface area contributed by atoms with Crippen molar-refractivity contribution in [2.45, 2.75) is 6.42 Å². The zero-order chi connectivity index (χ0) is 17.5. The second kappa shape index (κ2) is 8.05. The van der Waals surface area contributed by atoms with Crippen molar-refractivity contribution in [2.75, 3.05) is 19.0 Å². The topological polar surface area (TPSA) is 67.4 Å². The Bertz CT molecular complexity index is 733. The summed E-state index contributed by atoms with van der Waals surface area (Å²) in [5.74, 6) is -2.80. The van der Waals surface area contributed by atoms with Gasteiger partial charge in [-0.1, -0.05) is 12.1 Å². The van der Waals surface area contributed by atoms with Gasteiger partial charge in [0.1, 0.15) is 17.4 Å². The maximum Gasteiger partial charge on any atom is 0.313 e. The minimum atomic E-state index is -1.06. The van der Waals surface area contributed by atoms with Crippen LogP contribution in [0.3, 0.4) is 0 Å². The Balaban J connectivity index is 1.83. The zero-order valence-corrected chi connectivity index (χ0v) is 12.9. The largest absolute Gasteiger partial charge is 0.497 e. The number of carbonyl (C=O) groups excluding carboxylic acids is 2. The van der Waals surface area contributed by atoms with Crippen LogP contribution in [0, 0.1) is 11.6 Å². The van der Waals surface area contributed by atoms with E-state index in [1.807, 2.05) is 17.4 Å². The number of amides is 2. The van der Waals surface area contributed by atoms with Crippen LogP contribution in [0.4, 0.5) is 14.5 Å². The smallest absolute Gasteiger partial charge is 0.313 e. The van der Waals surface area contributed by atoms with Crippen molar-refractivity contribution in [1.82, 2.24) is 5.32 Å². The molecule has 0 heterocycles. The molecule has 7 heteroatoms. The van der Waals surface area contributed by atoms with E-state index in [1.165, 1.54) is 0 Å². The highest BCUT2D eigenvalue weighted by atomic mass is 19.1. The quantitative estimate of drug-likeness (QED) is 0.825. The summed E-state index contributed by atoms with van der Waals surface area (Å²) < 4.78 is 31.5. The van der Waals surface area contributed by atoms with E-state index in [-0.39, 0.29) is 12.2 Å². The molecular formula is C17H16F2N2O3. The van der Waals surface area contributed by atoms with E-state index in [2.05, 4.69) is 5.32 Å². The van der Waals surface area contributed by atoms with Gasteiger partial charge >= 0.3 is 11.8 Å². The first-order valence-corrected chi connectivity index (χ1v) is 7.17. The van der Waals surface area contributed by atoms with Gasteiger partial charge in [-0.15, -0.1) is 0 Å². The highest BCUT2D eigenvalue weighted by molar-refractivity contribution is 6.39. The summed E-state index contributed by atoms with van der Waals surface area (Å²) in [5, 5.41) is 4.45. The molecule has 2 rings (SSSR count). The molecule has 0 spiro atoms. The predicted molar refractivity (Wildman–Crippen MR) is 84.7 cm³/mol. The Morgan fingerprint density at radius 2 is 1.75 bits per heavy atom. The van der Waals surface area contributed by atoms with Crippen molar-refractivity contribution in [3.63, 3.8) is 0 Å². The van der Waals surface area contributed by atoms with Crippen molar-refractivity contribution in [3.8, 4) is 5.75 Å². The van der Waals surface area contributed by atoms with Crippen LogP contribution in [0.1, 0.15) is 5.56 Å². The molecule has 0 fully saturated rings. The Morgan fingerprint density at radius 3 is 2.42 bits per heavy atom. The zero-order valence-electron chi connectivity index (χ0n) is 12.9. The molecule has 0 radical (unpaired) electrons. The third-order valence-corrected chi connectivity index (χ3v) is 3.24. The van der Waals surface area contributed by atoms with Gasteiger partial charge in [-0.3, -0.25) is 9.59 Å². The number of methoxy groups -OCH3 is 1. The van der Waals surface area contributed by atoms with Crippen molar-refractivity contribution in [2.24, 2.45) is 0 Å². The van der Waals surface area contributed by atoms with Crippen LogP contribution in [0.2, 0.25) is 0 Å². The van der Waals surface area contributed by atoms with Crippen LogP contribution in [-0.2, 0) is 16.0 Å². The van der Waals surface area contributed by atoms with Crippen LogP contribution in [-0.4, -0.2) is 25.5 Å². The number of anilines is 1. The molecular weight excluding hydrogens is 318 g/mol. The van der Waals surface area contributed by atoms with Crippen molar-refractivity contribution < 1.29 is 23.1 Å². The first kappa shape index (κ1) is 17.4. The fraction of sp³-hybridized carbons (Fsp3) is 0.176. The highest BCUT2D eigenvalue weighted by Gasteiger charge is 2.15. The molecule has 0 atom stereocenters. The van der Waals surface area contributed by atoms with Crippen molar-refractivity contribution in [1.29, 1.82) is 0 Å². The molecule has 0 unspecified atom stereocenters. The second-order valence-electron chi connectivity index (χ2n) is 4.93. The lowest BCUT2D eigenvalue weighted by atomic mass is 10.1. The Kier molecular flexibility index (Phi) is 5.83. The number of rotatable bonds is 5. The molecule has 0 aliphatic carbocycles. The molecule has 0 aliphatic heterocycles. The highest BCUT2D eigenvalue weighted by Crippen LogP contribution is 2.15. The van der Waals surface area contributed by atoms with E-state index in [0.717, 1.165) is 29.5 Å². The second-order valence-corrected chi connectivity index (χ2v) is 4.93. The molecule has 2 aromatic carbocycles. The van der Waals surface area contributed by atoms with E-state index < -0.39 is 23.4 Å². The first-order valence-electron chi connectivity index (χ1n) is 7.17. The molecule has 2 amide bonds. The molecule has 5 nitrogen and oxygen atoms in total. The Hall–Kier alpha value is -2.96. The summed E-state index contributed by atoms with van der Waals surface area (Å²) in [6.07, 6.45) is 0.511. The first-order chi connectivity index (χ1) is 11.5. The molecule has 0 aliphatic rings. The summed E-state index contributed by atoms with van der Waals surface area (Å²) in [6.45, 7) is 0.226. The minimum Gasteiger partial charge on any atom is -0.497 e. The minimum absolute atomic E-state index is 0.226. The van der Waals surface area contributed by atoms with Gasteiger partial charge in [-0.05, 0) is 36.2 Å². The van der Waals surface area contributed by atoms with E-state index in [4.69, 9.17) is 4.74 Å². The summed E-state index contributed by atoms with van der Waals surface area (Å²) in [7, 11) is 1.56. The van der Waals surface area contributed by atoms with E-state index in [9.17, 15) is 18.4 Å². The van der Waals surface area contributed by atoms with Gasteiger partial charge in [0.15, 0.2) is 0 Å². The third-order valence-electron chi connectivity index (χ3n) is 3.24. The fourth-order valence-electron chi connectivity index (χ4n) is 1.97. The molecule has 0 aromatic heterocycles. The standard InChI is InChI=1S/C17H16F2N2O3/c1-24-13-5-2-11(3-6-13)8-9-20-16(22)17(23)21-15-10-12(18)4-7-14(15)19/h2-7,10H,8-9H2,1H3,(H,20,22)(H,21,23). The van der Waals surface area contributed by atoms with Crippen LogP contribution >= 0.6 is 0 Å². The normalized spacial score (nSPS) is 10.1. The molecule has 2 N–H and O–H groups in total.